The molecule has 2 heterocycles. The van der Waals surface area contributed by atoms with Crippen LogP contribution in [0.15, 0.2) is 0 Å². The number of nitrogens with one attached hydrogen (secondary N) is 2. The van der Waals surface area contributed by atoms with Gasteiger partial charge in [-0.25, -0.2) is 0 Å². The molecule has 0 bridgehead atoms. The first kappa shape index (κ1) is 23.6. The minimum atomic E-state index is -0.856. The van der Waals surface area contributed by atoms with Crippen molar-refractivity contribution in [3.05, 3.63) is 0 Å². The third kappa shape index (κ3) is 9.56. The molecule has 1 unspecified atom stereocenters. The van der Waals surface area contributed by atoms with E-state index in [0.717, 1.165) is 52.1 Å². The lowest BCUT2D eigenvalue weighted by atomic mass is 10.3. The summed E-state index contributed by atoms with van der Waals surface area (Å²) in [5.41, 5.74) is 0. The smallest absolute Gasteiger partial charge is 0.303 e. The number of aliphatic carboxylic acids is 1. The largest absolute Gasteiger partial charge is 0.481 e. The van der Waals surface area contributed by atoms with E-state index in [1.54, 1.807) is 0 Å². The molecule has 2 saturated heterocycles. The zero-order valence-electron chi connectivity index (χ0n) is 17.7. The highest BCUT2D eigenvalue weighted by Crippen LogP contribution is 2.18. The number of piperazine rings is 1. The van der Waals surface area contributed by atoms with Gasteiger partial charge in [0.25, 0.3) is 0 Å². The summed E-state index contributed by atoms with van der Waals surface area (Å²) in [6, 6.07) is 0.459. The monoisotopic (exact) mass is 425 g/mol. The number of carbonyl (C=O) groups is 3. The molecule has 2 aliphatic rings. The van der Waals surface area contributed by atoms with E-state index in [9.17, 15) is 14.4 Å². The molecule has 2 aliphatic heterocycles. The minimum Gasteiger partial charge on any atom is -0.481 e. The number of amides is 2. The summed E-state index contributed by atoms with van der Waals surface area (Å²) in [6.45, 7) is 7.74. The van der Waals surface area contributed by atoms with Crippen molar-refractivity contribution in [3.8, 4) is 0 Å². The van der Waals surface area contributed by atoms with E-state index in [0.29, 0.717) is 44.9 Å². The predicted octanol–water partition coefficient (Wildman–Crippen LogP) is -0.424. The maximum atomic E-state index is 12.3. The maximum Gasteiger partial charge on any atom is 0.303 e. The molecule has 0 spiro atoms. The molecule has 3 N–H and O–H groups in total. The second-order valence-electron chi connectivity index (χ2n) is 8.17. The van der Waals surface area contributed by atoms with Gasteiger partial charge in [0.2, 0.25) is 11.8 Å². The fraction of sp³-hybridized carbons (Fsp3) is 0.850. The van der Waals surface area contributed by atoms with Crippen LogP contribution in [0.4, 0.5) is 0 Å². The van der Waals surface area contributed by atoms with Crippen LogP contribution in [0.2, 0.25) is 0 Å². The minimum absolute atomic E-state index is 0.0251. The van der Waals surface area contributed by atoms with Gasteiger partial charge in [-0.2, -0.15) is 0 Å². The van der Waals surface area contributed by atoms with Crippen molar-refractivity contribution >= 4 is 17.8 Å². The summed E-state index contributed by atoms with van der Waals surface area (Å²) in [4.78, 5) is 41.5. The zero-order valence-corrected chi connectivity index (χ0v) is 17.7. The molecule has 0 aromatic carbocycles. The molecule has 9 heteroatoms. The Morgan fingerprint density at radius 1 is 0.931 bits per heavy atom. The number of hydrogen-bond donors (Lipinski definition) is 3. The molecule has 0 aromatic rings. The SMILES string of the molecule is CN1CCN([13CH2][13CH]2[13CH2][13CH2][13CH2]N2C[13C](=O)[15NH][13CH2][13CH2][13CH2][13C](=O)[15NH]CCCC(=O)O)[13CH2][13CH2]1. The number of nitrogens with zero attached hydrogens (tertiary/aromatic N) is 3. The Morgan fingerprint density at radius 2 is 1.59 bits per heavy atom. The Balaban J connectivity index is 1.55. The van der Waals surface area contributed by atoms with E-state index < -0.39 is 5.97 Å². The molecule has 1 atom stereocenters. The van der Waals surface area contributed by atoms with Crippen molar-refractivity contribution in [3.63, 3.8) is 0 Å². The van der Waals surface area contributed by atoms with Gasteiger partial charge < -0.3 is 20.6 Å². The molecule has 9 nitrogen and oxygen atoms in total. The van der Waals surface area contributed by atoms with Gasteiger partial charge in [-0.1, -0.05) is 0 Å². The summed E-state index contributed by atoms with van der Waals surface area (Å²) in [5.74, 6) is -0.931. The number of likely N-dealkylation sites (N-methyl/N-ethyl adjacent to an activating group) is 1. The summed E-state index contributed by atoms with van der Waals surface area (Å²) in [5, 5.41) is 14.2. The van der Waals surface area contributed by atoms with Crippen LogP contribution in [0.3, 0.4) is 0 Å². The number of carboxylic acids is 1. The summed E-state index contributed by atoms with van der Waals surface area (Å²) >= 11 is 0. The third-order valence-corrected chi connectivity index (χ3v) is 5.70. The van der Waals surface area contributed by atoms with Crippen molar-refractivity contribution in [1.29, 1.82) is 0 Å². The number of carboxylic acid groups (broad SMARTS) is 1. The highest BCUT2D eigenvalue weighted by Gasteiger charge is 2.28. The molecule has 2 fully saturated rings. The Bertz CT molecular complexity index is 537. The first-order valence-corrected chi connectivity index (χ1v) is 10.8. The molecular weight excluding hydrogens is 388 g/mol. The van der Waals surface area contributed by atoms with E-state index in [2.05, 4.69) is 32.4 Å². The van der Waals surface area contributed by atoms with Crippen LogP contribution in [0.25, 0.3) is 0 Å². The van der Waals surface area contributed by atoms with Gasteiger partial charge in [-0.05, 0) is 39.3 Å². The fourth-order valence-corrected chi connectivity index (χ4v) is 3.91. The van der Waals surface area contributed by atoms with Crippen LogP contribution in [0.1, 0.15) is 38.5 Å². The molecule has 2 rings (SSSR count). The summed E-state index contributed by atoms with van der Waals surface area (Å²) < 4.78 is 0. The van der Waals surface area contributed by atoms with Gasteiger partial charge in [-0.15, -0.1) is 0 Å². The van der Waals surface area contributed by atoms with Crippen molar-refractivity contribution in [2.45, 2.75) is 44.6 Å². The van der Waals surface area contributed by atoms with Crippen molar-refractivity contribution in [1.82, 2.24) is 25.3 Å². The Kier molecular flexibility index (Phi) is 10.4. The molecule has 0 aromatic heterocycles. The molecule has 29 heavy (non-hydrogen) atoms. The van der Waals surface area contributed by atoms with E-state index in [1.165, 1.54) is 0 Å². The third-order valence-electron chi connectivity index (χ3n) is 5.70. The molecule has 0 radical (unpaired) electrons. The standard InChI is InChI=1S/C20H37N5O4/c1-23-11-13-24(14-12-23)15-17-5-4-10-25(17)16-19(27)22-8-2-6-18(26)21-9-3-7-20(28)29/h17H,2-16H2,1H3,(H,21,26)(H,22,27)(H,28,29)/i2+1,4+1,5+1,6+1,8+1,10+1,11+1,13+1,15+1,17+1,18+1,19+1,21+1,22+1. The number of likely N-dealkylation sites (tertiary alicyclic amines) is 1. The van der Waals surface area contributed by atoms with Crippen LogP contribution >= 0.6 is 0 Å². The number of rotatable bonds is 12. The van der Waals surface area contributed by atoms with Crippen LogP contribution in [0.5, 0.6) is 0 Å². The second-order valence-corrected chi connectivity index (χ2v) is 8.17. The molecule has 166 valence electrons. The number of carbonyl (C=O) groups excluding carboxylic acids is 2. The lowest BCUT2D eigenvalue weighted by Gasteiger charge is -2.36. The molecule has 2 amide bonds. The highest BCUT2D eigenvalue weighted by molar-refractivity contribution is 5.78. The topological polar surface area (TPSA) is 105 Å². The first-order valence-electron chi connectivity index (χ1n) is 10.8. The normalized spacial score (nSPS) is 21.2. The predicted molar refractivity (Wildman–Crippen MR) is 111 cm³/mol. The van der Waals surface area contributed by atoms with Gasteiger partial charge in [0, 0.05) is 64.7 Å². The fourth-order valence-electron chi connectivity index (χ4n) is 3.91. The lowest BCUT2D eigenvalue weighted by molar-refractivity contribution is -0.137. The first-order chi connectivity index (χ1) is 13.9. The van der Waals surface area contributed by atoms with Crippen molar-refractivity contribution in [2.24, 2.45) is 0 Å². The van der Waals surface area contributed by atoms with E-state index >= 15 is 0 Å². The quantitative estimate of drug-likeness (QED) is 0.222. The van der Waals surface area contributed by atoms with E-state index in [1.807, 2.05) is 0 Å². The maximum absolute atomic E-state index is 12.3. The van der Waals surface area contributed by atoms with Gasteiger partial charge in [0.05, 0.1) is 6.54 Å². The average molecular weight is 425 g/mol. The van der Waals surface area contributed by atoms with Gasteiger partial charge in [-0.3, -0.25) is 24.2 Å². The van der Waals surface area contributed by atoms with E-state index in [-0.39, 0.29) is 18.2 Å². The van der Waals surface area contributed by atoms with Crippen molar-refractivity contribution in [2.75, 3.05) is 66.0 Å². The molecule has 0 aliphatic carbocycles. The second kappa shape index (κ2) is 12.8. The van der Waals surface area contributed by atoms with Gasteiger partial charge in [0.1, 0.15) is 0 Å². The van der Waals surface area contributed by atoms with Crippen LogP contribution in [-0.2, 0) is 14.4 Å². The Morgan fingerprint density at radius 3 is 2.28 bits per heavy atom. The molecular formula is C20H37N5O4. The van der Waals surface area contributed by atoms with Gasteiger partial charge in [0.15, 0.2) is 0 Å². The van der Waals surface area contributed by atoms with Crippen LogP contribution < -0.4 is 10.6 Å². The van der Waals surface area contributed by atoms with Crippen LogP contribution in [-0.4, -0.2) is 110 Å². The van der Waals surface area contributed by atoms with Gasteiger partial charge >= 0.3 is 5.97 Å². The summed E-state index contributed by atoms with van der Waals surface area (Å²) in [7, 11) is 2.16. The molecule has 0 saturated carbocycles. The van der Waals surface area contributed by atoms with Crippen LogP contribution in [0, 0.1) is 0 Å². The Hall–Kier alpha value is -1.71. The Labute approximate surface area is 173 Å². The summed E-state index contributed by atoms with van der Waals surface area (Å²) in [6.07, 6.45) is 3.71. The average Bonchev–Trinajstić information content (AvgIpc) is 3.10. The number of hydrogen-bond acceptors (Lipinski definition) is 6. The van der Waals surface area contributed by atoms with Crippen molar-refractivity contribution < 1.29 is 19.5 Å². The highest BCUT2D eigenvalue weighted by atomic mass is 16.4. The zero-order chi connectivity index (χ0) is 21.1. The lowest BCUT2D eigenvalue weighted by Crippen LogP contribution is -2.50. The van der Waals surface area contributed by atoms with E-state index in [4.69, 9.17) is 5.11 Å².